The number of nitrogens with two attached hydrogens (primary N) is 1. The summed E-state index contributed by atoms with van der Waals surface area (Å²) in [7, 11) is 0. The number of benzene rings is 2. The molecule has 0 aliphatic heterocycles. The van der Waals surface area contributed by atoms with Gasteiger partial charge in [-0.25, -0.2) is 0 Å². The summed E-state index contributed by atoms with van der Waals surface area (Å²) in [6.45, 7) is 0. The van der Waals surface area contributed by atoms with E-state index in [0.29, 0.717) is 5.02 Å². The molecule has 1 unspecified atom stereocenters. The fourth-order valence-corrected chi connectivity index (χ4v) is 4.07. The number of fused-ring (bicyclic) bond motifs is 1. The SMILES string of the molecule is NC(c1ccc(Cl)cc1Br)c1cccc2ccsc12. The van der Waals surface area contributed by atoms with Crippen LogP contribution in [-0.2, 0) is 0 Å². The maximum Gasteiger partial charge on any atom is 0.0577 e. The van der Waals surface area contributed by atoms with Crippen LogP contribution in [0.2, 0.25) is 5.02 Å². The van der Waals surface area contributed by atoms with Crippen LogP contribution in [0.15, 0.2) is 52.3 Å². The minimum Gasteiger partial charge on any atom is -0.320 e. The Balaban J connectivity index is 2.13. The van der Waals surface area contributed by atoms with Gasteiger partial charge in [-0.3, -0.25) is 0 Å². The first-order chi connectivity index (χ1) is 9.16. The van der Waals surface area contributed by atoms with Gasteiger partial charge in [-0.05, 0) is 40.1 Å². The van der Waals surface area contributed by atoms with E-state index in [1.807, 2.05) is 24.3 Å². The molecule has 1 aromatic heterocycles. The van der Waals surface area contributed by atoms with Crippen molar-refractivity contribution in [3.05, 3.63) is 68.5 Å². The molecule has 19 heavy (non-hydrogen) atoms. The van der Waals surface area contributed by atoms with Gasteiger partial charge in [-0.1, -0.05) is 51.8 Å². The molecule has 0 amide bonds. The molecule has 0 saturated carbocycles. The highest BCUT2D eigenvalue weighted by molar-refractivity contribution is 9.10. The Morgan fingerprint density at radius 3 is 2.74 bits per heavy atom. The molecule has 96 valence electrons. The summed E-state index contributed by atoms with van der Waals surface area (Å²) in [6.07, 6.45) is 0. The third-order valence-electron chi connectivity index (χ3n) is 3.14. The van der Waals surface area contributed by atoms with Crippen molar-refractivity contribution in [2.45, 2.75) is 6.04 Å². The molecule has 0 aliphatic rings. The largest absolute Gasteiger partial charge is 0.320 e. The molecule has 0 fully saturated rings. The molecule has 0 bridgehead atoms. The van der Waals surface area contributed by atoms with Crippen molar-refractivity contribution in [2.75, 3.05) is 0 Å². The number of hydrogen-bond acceptors (Lipinski definition) is 2. The Hall–Kier alpha value is -0.870. The molecule has 1 nitrogen and oxygen atoms in total. The lowest BCUT2D eigenvalue weighted by molar-refractivity contribution is 0.876. The van der Waals surface area contributed by atoms with E-state index in [1.165, 1.54) is 10.1 Å². The van der Waals surface area contributed by atoms with Crippen LogP contribution in [-0.4, -0.2) is 0 Å². The van der Waals surface area contributed by atoms with Crippen molar-refractivity contribution < 1.29 is 0 Å². The van der Waals surface area contributed by atoms with Crippen molar-refractivity contribution in [3.63, 3.8) is 0 Å². The van der Waals surface area contributed by atoms with Crippen LogP contribution >= 0.6 is 38.9 Å². The first-order valence-electron chi connectivity index (χ1n) is 5.83. The molecule has 0 saturated heterocycles. The molecule has 1 atom stereocenters. The average Bonchev–Trinajstić information content (AvgIpc) is 2.86. The van der Waals surface area contributed by atoms with E-state index in [0.717, 1.165) is 15.6 Å². The van der Waals surface area contributed by atoms with Crippen LogP contribution in [0.25, 0.3) is 10.1 Å². The average molecular weight is 353 g/mol. The first kappa shape index (κ1) is 13.1. The van der Waals surface area contributed by atoms with E-state index in [4.69, 9.17) is 17.3 Å². The van der Waals surface area contributed by atoms with Gasteiger partial charge in [0.05, 0.1) is 6.04 Å². The Bertz CT molecular complexity index is 738. The van der Waals surface area contributed by atoms with E-state index in [9.17, 15) is 0 Å². The predicted octanol–water partition coefficient (Wildman–Crippen LogP) is 5.37. The van der Waals surface area contributed by atoms with Crippen LogP contribution in [0.1, 0.15) is 17.2 Å². The van der Waals surface area contributed by atoms with Crippen LogP contribution in [0.5, 0.6) is 0 Å². The molecule has 2 N–H and O–H groups in total. The number of rotatable bonds is 2. The summed E-state index contributed by atoms with van der Waals surface area (Å²) in [5.41, 5.74) is 8.62. The lowest BCUT2D eigenvalue weighted by Crippen LogP contribution is -2.12. The number of hydrogen-bond donors (Lipinski definition) is 1. The van der Waals surface area contributed by atoms with Gasteiger partial charge in [0, 0.05) is 14.2 Å². The van der Waals surface area contributed by atoms with Crippen LogP contribution in [0.4, 0.5) is 0 Å². The van der Waals surface area contributed by atoms with Gasteiger partial charge in [0.2, 0.25) is 0 Å². The van der Waals surface area contributed by atoms with Crippen molar-refractivity contribution in [2.24, 2.45) is 5.73 Å². The lowest BCUT2D eigenvalue weighted by Gasteiger charge is -2.15. The number of thiophene rings is 1. The first-order valence-corrected chi connectivity index (χ1v) is 7.88. The summed E-state index contributed by atoms with van der Waals surface area (Å²) in [4.78, 5) is 0. The van der Waals surface area contributed by atoms with E-state index in [1.54, 1.807) is 11.3 Å². The molecule has 4 heteroatoms. The monoisotopic (exact) mass is 351 g/mol. The standard InChI is InChI=1S/C15H11BrClNS/c16-13-8-10(17)4-5-11(13)14(18)12-3-1-2-9-6-7-19-15(9)12/h1-8,14H,18H2. The fourth-order valence-electron chi connectivity index (χ4n) is 2.18. The molecular weight excluding hydrogens is 342 g/mol. The van der Waals surface area contributed by atoms with Gasteiger partial charge >= 0.3 is 0 Å². The van der Waals surface area contributed by atoms with Crippen LogP contribution in [0.3, 0.4) is 0 Å². The molecule has 3 aromatic rings. The van der Waals surface area contributed by atoms with Crippen LogP contribution < -0.4 is 5.73 Å². The highest BCUT2D eigenvalue weighted by Crippen LogP contribution is 2.34. The van der Waals surface area contributed by atoms with Gasteiger partial charge in [0.15, 0.2) is 0 Å². The third-order valence-corrected chi connectivity index (χ3v) is 5.04. The Kier molecular flexibility index (Phi) is 3.63. The molecule has 1 heterocycles. The van der Waals surface area contributed by atoms with Gasteiger partial charge in [0.25, 0.3) is 0 Å². The predicted molar refractivity (Wildman–Crippen MR) is 87.0 cm³/mol. The van der Waals surface area contributed by atoms with Gasteiger partial charge in [-0.2, -0.15) is 0 Å². The zero-order valence-corrected chi connectivity index (χ0v) is 13.1. The third kappa shape index (κ3) is 2.43. The minimum absolute atomic E-state index is 0.158. The molecule has 2 aromatic carbocycles. The maximum absolute atomic E-state index is 6.43. The second-order valence-electron chi connectivity index (χ2n) is 4.33. The van der Waals surface area contributed by atoms with Gasteiger partial charge < -0.3 is 5.73 Å². The van der Waals surface area contributed by atoms with Crippen molar-refractivity contribution in [1.82, 2.24) is 0 Å². The molecular formula is C15H11BrClNS. The Morgan fingerprint density at radius 1 is 1.11 bits per heavy atom. The van der Waals surface area contributed by atoms with Crippen molar-refractivity contribution in [3.8, 4) is 0 Å². The van der Waals surface area contributed by atoms with Crippen molar-refractivity contribution in [1.29, 1.82) is 0 Å². The summed E-state index contributed by atoms with van der Waals surface area (Å²) in [5.74, 6) is 0. The molecule has 3 rings (SSSR count). The highest BCUT2D eigenvalue weighted by Gasteiger charge is 2.15. The molecule has 0 aliphatic carbocycles. The Labute approximate surface area is 129 Å². The van der Waals surface area contributed by atoms with E-state index in [2.05, 4.69) is 39.5 Å². The topological polar surface area (TPSA) is 26.0 Å². The van der Waals surface area contributed by atoms with E-state index < -0.39 is 0 Å². The van der Waals surface area contributed by atoms with E-state index in [-0.39, 0.29) is 6.04 Å². The lowest BCUT2D eigenvalue weighted by atomic mass is 9.99. The zero-order valence-electron chi connectivity index (χ0n) is 9.94. The second kappa shape index (κ2) is 5.25. The van der Waals surface area contributed by atoms with Crippen LogP contribution in [0, 0.1) is 0 Å². The second-order valence-corrected chi connectivity index (χ2v) is 6.54. The fraction of sp³-hybridized carbons (Fsp3) is 0.0667. The quantitative estimate of drug-likeness (QED) is 0.659. The van der Waals surface area contributed by atoms with E-state index >= 15 is 0 Å². The molecule has 0 radical (unpaired) electrons. The summed E-state index contributed by atoms with van der Waals surface area (Å²) < 4.78 is 2.19. The van der Waals surface area contributed by atoms with Crippen molar-refractivity contribution >= 4 is 49.0 Å². The zero-order chi connectivity index (χ0) is 13.4. The maximum atomic E-state index is 6.43. The van der Waals surface area contributed by atoms with Gasteiger partial charge in [-0.15, -0.1) is 11.3 Å². The van der Waals surface area contributed by atoms with Gasteiger partial charge in [0.1, 0.15) is 0 Å². The normalized spacial score (nSPS) is 12.8. The highest BCUT2D eigenvalue weighted by atomic mass is 79.9. The minimum atomic E-state index is -0.158. The number of halogens is 2. The summed E-state index contributed by atoms with van der Waals surface area (Å²) in [6, 6.07) is 13.9. The summed E-state index contributed by atoms with van der Waals surface area (Å²) >= 11 is 11.2. The summed E-state index contributed by atoms with van der Waals surface area (Å²) in [5, 5.41) is 4.04. The smallest absolute Gasteiger partial charge is 0.0577 e. The Morgan fingerprint density at radius 2 is 1.95 bits per heavy atom. The molecule has 0 spiro atoms.